The molecule has 0 spiro atoms. The fourth-order valence-corrected chi connectivity index (χ4v) is 4.30. The number of hydrogen-bond donors (Lipinski definition) is 2. The van der Waals surface area contributed by atoms with Crippen molar-refractivity contribution in [3.8, 4) is 22.0 Å². The number of carbonyl (C=O) groups excluding carboxylic acids is 3. The maximum Gasteiger partial charge on any atom is 0.313 e. The number of hydroxylamine groups is 1. The highest BCUT2D eigenvalue weighted by Gasteiger charge is 2.29. The third-order valence-corrected chi connectivity index (χ3v) is 6.03. The van der Waals surface area contributed by atoms with Gasteiger partial charge in [0.05, 0.1) is 12.7 Å². The topological polar surface area (TPSA) is 110 Å². The molecule has 176 valence electrons. The van der Waals surface area contributed by atoms with Crippen molar-refractivity contribution in [3.05, 3.63) is 95.5 Å². The van der Waals surface area contributed by atoms with Gasteiger partial charge in [0.1, 0.15) is 22.4 Å². The Labute approximate surface area is 206 Å². The van der Waals surface area contributed by atoms with E-state index in [0.29, 0.717) is 11.4 Å². The highest BCUT2D eigenvalue weighted by Crippen LogP contribution is 2.29. The molecule has 2 aromatic heterocycles. The van der Waals surface area contributed by atoms with Gasteiger partial charge in [-0.05, 0) is 17.7 Å². The van der Waals surface area contributed by atoms with E-state index in [9.17, 15) is 14.4 Å². The summed E-state index contributed by atoms with van der Waals surface area (Å²) in [6, 6.07) is 21.0. The van der Waals surface area contributed by atoms with Gasteiger partial charge in [-0.25, -0.2) is 10.5 Å². The fraction of sp³-hybridized carbons (Fsp3) is 0.115. The van der Waals surface area contributed by atoms with Crippen LogP contribution in [0.5, 0.6) is 0 Å². The van der Waals surface area contributed by atoms with Gasteiger partial charge in [-0.1, -0.05) is 60.7 Å². The molecule has 1 atom stereocenters. The molecule has 0 bridgehead atoms. The molecule has 2 heterocycles. The van der Waals surface area contributed by atoms with Crippen LogP contribution >= 0.6 is 11.3 Å². The van der Waals surface area contributed by atoms with Gasteiger partial charge in [-0.2, -0.15) is 0 Å². The summed E-state index contributed by atoms with van der Waals surface area (Å²) in [5.74, 6) is -2.32. The number of nitrogens with one attached hydrogen (secondary N) is 2. The quantitative estimate of drug-likeness (QED) is 0.277. The van der Waals surface area contributed by atoms with Crippen LogP contribution in [0.15, 0.2) is 84.4 Å². The Hall–Kier alpha value is -4.21. The number of pyridine rings is 1. The van der Waals surface area contributed by atoms with Gasteiger partial charge in [-0.15, -0.1) is 11.3 Å². The van der Waals surface area contributed by atoms with E-state index in [4.69, 9.17) is 0 Å². The highest BCUT2D eigenvalue weighted by atomic mass is 32.1. The zero-order valence-electron chi connectivity index (χ0n) is 18.8. The van der Waals surface area contributed by atoms with E-state index in [1.54, 1.807) is 18.3 Å². The number of rotatable bonds is 9. The van der Waals surface area contributed by atoms with Crippen molar-refractivity contribution in [2.45, 2.75) is 12.5 Å². The molecule has 0 aliphatic heterocycles. The number of benzene rings is 2. The first-order valence-electron chi connectivity index (χ1n) is 10.7. The predicted molar refractivity (Wildman–Crippen MR) is 132 cm³/mol. The molecular weight excluding hydrogens is 464 g/mol. The van der Waals surface area contributed by atoms with Crippen LogP contribution in [0, 0.1) is 0 Å². The van der Waals surface area contributed by atoms with Crippen molar-refractivity contribution in [3.63, 3.8) is 0 Å². The molecule has 4 rings (SSSR count). The van der Waals surface area contributed by atoms with Crippen LogP contribution in [0.1, 0.15) is 15.9 Å². The number of aromatic nitrogens is 2. The van der Waals surface area contributed by atoms with Crippen molar-refractivity contribution in [1.29, 1.82) is 0 Å². The largest absolute Gasteiger partial charge is 0.341 e. The zero-order chi connectivity index (χ0) is 24.6. The van der Waals surface area contributed by atoms with E-state index in [-0.39, 0.29) is 12.0 Å². The van der Waals surface area contributed by atoms with Crippen molar-refractivity contribution in [1.82, 2.24) is 20.8 Å². The van der Waals surface area contributed by atoms with Crippen molar-refractivity contribution in [2.24, 2.45) is 0 Å². The lowest BCUT2D eigenvalue weighted by Crippen LogP contribution is -2.48. The summed E-state index contributed by atoms with van der Waals surface area (Å²) >= 11 is 1.44. The van der Waals surface area contributed by atoms with Gasteiger partial charge < -0.3 is 5.32 Å². The molecule has 0 aliphatic carbocycles. The van der Waals surface area contributed by atoms with Gasteiger partial charge in [0, 0.05) is 23.6 Å². The molecule has 9 heteroatoms. The SMILES string of the molecule is CONC(=O)C(=O)C(Cc1ccccc1)NC(=O)c1cccnc1-c1csc(-c2ccccc2)n1. The first-order valence-corrected chi connectivity index (χ1v) is 11.6. The lowest BCUT2D eigenvalue weighted by Gasteiger charge is -2.18. The number of hydrogen-bond acceptors (Lipinski definition) is 7. The number of amides is 2. The molecule has 0 aliphatic rings. The van der Waals surface area contributed by atoms with E-state index in [1.165, 1.54) is 18.4 Å². The van der Waals surface area contributed by atoms with Gasteiger partial charge in [-0.3, -0.25) is 24.2 Å². The van der Waals surface area contributed by atoms with Gasteiger partial charge >= 0.3 is 5.91 Å². The average Bonchev–Trinajstić information content (AvgIpc) is 3.39. The summed E-state index contributed by atoms with van der Waals surface area (Å²) in [5.41, 5.74) is 4.94. The third-order valence-electron chi connectivity index (χ3n) is 5.14. The van der Waals surface area contributed by atoms with Crippen LogP contribution < -0.4 is 10.8 Å². The Morgan fingerprint density at radius 3 is 2.40 bits per heavy atom. The lowest BCUT2D eigenvalue weighted by molar-refractivity contribution is -0.145. The van der Waals surface area contributed by atoms with Crippen molar-refractivity contribution in [2.75, 3.05) is 7.11 Å². The minimum Gasteiger partial charge on any atom is -0.341 e. The van der Waals surface area contributed by atoms with Crippen LogP contribution in [-0.2, 0) is 20.8 Å². The standard InChI is InChI=1S/C26H22N4O4S/c1-34-30-25(33)23(31)20(15-17-9-4-2-5-10-17)28-24(32)19-13-8-14-27-22(19)21-16-35-26(29-21)18-11-6-3-7-12-18/h2-14,16,20H,15H2,1H3,(H,28,32)(H,30,33). The third kappa shape index (κ3) is 5.84. The summed E-state index contributed by atoms with van der Waals surface area (Å²) in [7, 11) is 1.23. The van der Waals surface area contributed by atoms with Crippen molar-refractivity contribution < 1.29 is 19.2 Å². The molecule has 0 radical (unpaired) electrons. The Morgan fingerprint density at radius 2 is 1.69 bits per heavy atom. The second-order valence-electron chi connectivity index (χ2n) is 7.52. The Morgan fingerprint density at radius 1 is 0.971 bits per heavy atom. The number of nitrogens with zero attached hydrogens (tertiary/aromatic N) is 2. The Balaban J connectivity index is 1.61. The minimum atomic E-state index is -1.11. The second-order valence-corrected chi connectivity index (χ2v) is 8.38. The maximum atomic E-state index is 13.3. The summed E-state index contributed by atoms with van der Waals surface area (Å²) < 4.78 is 0. The van der Waals surface area contributed by atoms with Crippen LogP contribution in [0.4, 0.5) is 0 Å². The highest BCUT2D eigenvalue weighted by molar-refractivity contribution is 7.13. The van der Waals surface area contributed by atoms with Crippen LogP contribution in [-0.4, -0.2) is 40.7 Å². The molecule has 2 N–H and O–H groups in total. The molecule has 8 nitrogen and oxygen atoms in total. The smallest absolute Gasteiger partial charge is 0.313 e. The summed E-state index contributed by atoms with van der Waals surface area (Å²) in [6.07, 6.45) is 1.71. The number of carbonyl (C=O) groups is 3. The van der Waals surface area contributed by atoms with Gasteiger partial charge in [0.2, 0.25) is 5.78 Å². The van der Waals surface area contributed by atoms with E-state index in [1.807, 2.05) is 71.5 Å². The molecule has 4 aromatic rings. The first kappa shape index (κ1) is 23.9. The van der Waals surface area contributed by atoms with Crippen LogP contribution in [0.25, 0.3) is 22.0 Å². The van der Waals surface area contributed by atoms with E-state index < -0.39 is 23.6 Å². The molecule has 35 heavy (non-hydrogen) atoms. The molecular formula is C26H22N4O4S. The van der Waals surface area contributed by atoms with E-state index >= 15 is 0 Å². The lowest BCUT2D eigenvalue weighted by atomic mass is 10.0. The molecule has 2 aromatic carbocycles. The Bertz CT molecular complexity index is 1330. The van der Waals surface area contributed by atoms with Gasteiger partial charge in [0.15, 0.2) is 0 Å². The molecule has 1 unspecified atom stereocenters. The second kappa shape index (κ2) is 11.3. The summed E-state index contributed by atoms with van der Waals surface area (Å²) in [4.78, 5) is 51.9. The van der Waals surface area contributed by atoms with Crippen LogP contribution in [0.2, 0.25) is 0 Å². The maximum absolute atomic E-state index is 13.3. The number of Topliss-reactive ketones (excluding diaryl/α,β-unsaturated/α-hetero) is 1. The number of ketones is 1. The van der Waals surface area contributed by atoms with E-state index in [2.05, 4.69) is 20.1 Å². The van der Waals surface area contributed by atoms with Crippen molar-refractivity contribution >= 4 is 28.9 Å². The molecule has 0 fully saturated rings. The monoisotopic (exact) mass is 486 g/mol. The Kier molecular flexibility index (Phi) is 7.71. The van der Waals surface area contributed by atoms with Crippen LogP contribution in [0.3, 0.4) is 0 Å². The predicted octanol–water partition coefficient (Wildman–Crippen LogP) is 3.46. The average molecular weight is 487 g/mol. The first-order chi connectivity index (χ1) is 17.1. The minimum absolute atomic E-state index is 0.132. The molecule has 0 saturated heterocycles. The molecule has 2 amide bonds. The summed E-state index contributed by atoms with van der Waals surface area (Å²) in [6.45, 7) is 0. The summed E-state index contributed by atoms with van der Waals surface area (Å²) in [5, 5.41) is 5.33. The van der Waals surface area contributed by atoms with Gasteiger partial charge in [0.25, 0.3) is 5.91 Å². The van der Waals surface area contributed by atoms with E-state index in [0.717, 1.165) is 16.1 Å². The normalized spacial score (nSPS) is 11.5. The zero-order valence-corrected chi connectivity index (χ0v) is 19.6. The fourth-order valence-electron chi connectivity index (χ4n) is 3.48. The molecule has 0 saturated carbocycles. The number of thiazole rings is 1.